The standard InChI is InChI=1S/2C17H10Cl4P.Fe/c2*18-12-7-3-9-14(16(12)20)22(11-5-1-2-6-11)15-10-4-8-13(19)17(15)21;/h2*1-10H;/q-5;-1;. The molecule has 0 saturated heterocycles. The summed E-state index contributed by atoms with van der Waals surface area (Å²) in [5, 5.41) is 10.6. The van der Waals surface area contributed by atoms with Crippen LogP contribution in [-0.4, -0.2) is 0 Å². The zero-order valence-electron chi connectivity index (χ0n) is 22.8. The molecule has 6 aromatic rings. The molecule has 0 aromatic heterocycles. The summed E-state index contributed by atoms with van der Waals surface area (Å²) < 4.78 is 0. The smallest absolute Gasteiger partial charge is 0.0665 e. The van der Waals surface area contributed by atoms with Crippen molar-refractivity contribution in [2.75, 3.05) is 0 Å². The van der Waals surface area contributed by atoms with Crippen molar-refractivity contribution in [3.63, 3.8) is 0 Å². The van der Waals surface area contributed by atoms with Crippen molar-refractivity contribution < 1.29 is 17.1 Å². The Bertz CT molecular complexity index is 1630. The molecule has 0 aliphatic rings. The van der Waals surface area contributed by atoms with Gasteiger partial charge in [-0.1, -0.05) is 149 Å². The van der Waals surface area contributed by atoms with Gasteiger partial charge in [-0.25, -0.2) is 20.1 Å². The van der Waals surface area contributed by atoms with Gasteiger partial charge in [-0.05, 0) is 45.5 Å². The van der Waals surface area contributed by atoms with Gasteiger partial charge in [-0.2, -0.15) is 12.1 Å². The normalized spacial score (nSPS) is 10.9. The van der Waals surface area contributed by atoms with Crippen LogP contribution in [0, 0.1) is 0 Å². The molecule has 0 bridgehead atoms. The molecule has 0 amide bonds. The fourth-order valence-corrected chi connectivity index (χ4v) is 11.8. The van der Waals surface area contributed by atoms with Gasteiger partial charge in [0.2, 0.25) is 0 Å². The number of hydrogen-bond acceptors (Lipinski definition) is 0. The molecule has 0 aliphatic carbocycles. The molecular weight excluding hydrogens is 810 g/mol. The molecular formula is C34H20Cl8FeP2-6. The third-order valence-corrected chi connectivity index (χ3v) is 15.3. The zero-order valence-corrected chi connectivity index (χ0v) is 31.8. The Balaban J connectivity index is 0.000000200. The van der Waals surface area contributed by atoms with Crippen LogP contribution in [0.3, 0.4) is 0 Å². The second-order valence-corrected chi connectivity index (χ2v) is 16.7. The first-order valence-corrected chi connectivity index (χ1v) is 18.7. The Morgan fingerprint density at radius 3 is 1.07 bits per heavy atom. The van der Waals surface area contributed by atoms with E-state index in [4.69, 9.17) is 92.8 Å². The largest absolute Gasteiger partial charge is 0.747 e. The Labute approximate surface area is 316 Å². The molecule has 6 rings (SSSR count). The summed E-state index contributed by atoms with van der Waals surface area (Å²) in [7, 11) is -1.83. The summed E-state index contributed by atoms with van der Waals surface area (Å²) in [4.78, 5) is 0. The number of halogens is 8. The van der Waals surface area contributed by atoms with Crippen molar-refractivity contribution in [2.45, 2.75) is 0 Å². The molecule has 0 fully saturated rings. The summed E-state index contributed by atoms with van der Waals surface area (Å²) in [6.07, 6.45) is 0. The van der Waals surface area contributed by atoms with Gasteiger partial charge in [0, 0.05) is 17.1 Å². The minimum Gasteiger partial charge on any atom is -0.747 e. The third kappa shape index (κ3) is 8.48. The third-order valence-electron chi connectivity index (χ3n) is 6.50. The molecule has 0 N–H and O–H groups in total. The number of hydrogen-bond donors (Lipinski definition) is 0. The maximum atomic E-state index is 6.46. The van der Waals surface area contributed by atoms with Crippen LogP contribution in [0.4, 0.5) is 0 Å². The molecule has 0 spiro atoms. The van der Waals surface area contributed by atoms with E-state index in [9.17, 15) is 0 Å². The molecule has 0 unspecified atom stereocenters. The van der Waals surface area contributed by atoms with E-state index in [0.717, 1.165) is 31.8 Å². The van der Waals surface area contributed by atoms with Gasteiger partial charge in [0.15, 0.2) is 0 Å². The molecule has 6 aromatic carbocycles. The van der Waals surface area contributed by atoms with Crippen LogP contribution in [0.1, 0.15) is 0 Å². The fraction of sp³-hybridized carbons (Fsp3) is 0. The van der Waals surface area contributed by atoms with E-state index in [2.05, 4.69) is 24.3 Å². The second-order valence-electron chi connectivity index (χ2n) is 9.25. The molecule has 0 saturated carbocycles. The van der Waals surface area contributed by atoms with Crippen LogP contribution in [0.15, 0.2) is 121 Å². The molecule has 11 heteroatoms. The summed E-state index contributed by atoms with van der Waals surface area (Å²) in [6.45, 7) is 0. The Kier molecular flexibility index (Phi) is 14.1. The first-order valence-electron chi connectivity index (χ1n) is 13.0. The van der Waals surface area contributed by atoms with Gasteiger partial charge in [0.05, 0.1) is 40.2 Å². The average Bonchev–Trinajstić information content (AvgIpc) is 3.74. The van der Waals surface area contributed by atoms with E-state index >= 15 is 0 Å². The molecule has 0 heterocycles. The van der Waals surface area contributed by atoms with E-state index in [1.165, 1.54) is 0 Å². The predicted octanol–water partition coefficient (Wildman–Crippen LogP) is 11.6. The van der Waals surface area contributed by atoms with Crippen LogP contribution >= 0.6 is 109 Å². The zero-order chi connectivity index (χ0) is 31.4. The molecule has 0 radical (unpaired) electrons. The average molecular weight is 830 g/mol. The Morgan fingerprint density at radius 1 is 0.422 bits per heavy atom. The minimum atomic E-state index is -0.916. The van der Waals surface area contributed by atoms with Gasteiger partial charge in [-0.15, -0.1) is 5.30 Å². The van der Waals surface area contributed by atoms with E-state index in [-0.39, 0.29) is 17.1 Å². The van der Waals surface area contributed by atoms with Crippen molar-refractivity contribution >= 4 is 140 Å². The summed E-state index contributed by atoms with van der Waals surface area (Å²) in [6, 6.07) is 39.0. The van der Waals surface area contributed by atoms with Crippen LogP contribution in [0.5, 0.6) is 0 Å². The van der Waals surface area contributed by atoms with Crippen molar-refractivity contribution in [3.05, 3.63) is 162 Å². The van der Waals surface area contributed by atoms with E-state index in [0.29, 0.717) is 40.2 Å². The molecule has 0 aliphatic heterocycles. The topological polar surface area (TPSA) is 0 Å². The molecule has 0 nitrogen and oxygen atoms in total. The summed E-state index contributed by atoms with van der Waals surface area (Å²) in [5.41, 5.74) is 0. The monoisotopic (exact) mass is 826 g/mol. The first kappa shape index (κ1) is 37.1. The molecule has 236 valence electrons. The van der Waals surface area contributed by atoms with Crippen molar-refractivity contribution in [3.8, 4) is 0 Å². The summed E-state index contributed by atoms with van der Waals surface area (Å²) >= 11 is 50.6. The van der Waals surface area contributed by atoms with Gasteiger partial charge in [0.25, 0.3) is 0 Å². The maximum absolute atomic E-state index is 6.46. The van der Waals surface area contributed by atoms with Gasteiger partial charge >= 0.3 is 0 Å². The maximum Gasteiger partial charge on any atom is 0.0665 e. The van der Waals surface area contributed by atoms with Gasteiger partial charge in [0.1, 0.15) is 0 Å². The van der Waals surface area contributed by atoms with Crippen LogP contribution in [0.25, 0.3) is 0 Å². The van der Waals surface area contributed by atoms with Gasteiger partial charge < -0.3 is 29.6 Å². The van der Waals surface area contributed by atoms with Crippen LogP contribution in [0.2, 0.25) is 40.2 Å². The SMILES string of the molecule is Clc1cccc(P(c2cccc(Cl)c2Cl)[c-]2[cH-][cH-][cH-][cH-]2)c1Cl.Clc1cccc(P(c2cccc(Cl)c2Cl)[c-]2cccc2)c1Cl.[Fe]. The first-order chi connectivity index (χ1) is 21.2. The summed E-state index contributed by atoms with van der Waals surface area (Å²) in [5.74, 6) is 0. The van der Waals surface area contributed by atoms with Gasteiger partial charge in [-0.3, -0.25) is 0 Å². The second kappa shape index (κ2) is 17.1. The van der Waals surface area contributed by atoms with E-state index < -0.39 is 15.8 Å². The Morgan fingerprint density at radius 2 is 0.733 bits per heavy atom. The number of rotatable bonds is 6. The van der Waals surface area contributed by atoms with Crippen molar-refractivity contribution in [2.24, 2.45) is 0 Å². The molecule has 45 heavy (non-hydrogen) atoms. The minimum absolute atomic E-state index is 0. The van der Waals surface area contributed by atoms with E-state index in [1.54, 1.807) is 24.3 Å². The van der Waals surface area contributed by atoms with Crippen LogP contribution < -0.4 is 31.8 Å². The number of benzene rings is 4. The van der Waals surface area contributed by atoms with E-state index in [1.807, 2.05) is 72.8 Å². The fourth-order valence-electron chi connectivity index (χ4n) is 4.50. The predicted molar refractivity (Wildman–Crippen MR) is 202 cm³/mol. The van der Waals surface area contributed by atoms with Crippen molar-refractivity contribution in [1.29, 1.82) is 0 Å². The molecule has 0 atom stereocenters. The quantitative estimate of drug-likeness (QED) is 0.0891. The van der Waals surface area contributed by atoms with Crippen LogP contribution in [-0.2, 0) is 17.1 Å². The Hall–Kier alpha value is -0.721. The van der Waals surface area contributed by atoms with Crippen molar-refractivity contribution in [1.82, 2.24) is 0 Å².